The van der Waals surface area contributed by atoms with Gasteiger partial charge in [0.25, 0.3) is 0 Å². The number of likely N-dealkylation sites (N-methyl/N-ethyl adjacent to an activating group) is 1. The zero-order valence-corrected chi connectivity index (χ0v) is 10.7. The first kappa shape index (κ1) is 12.8. The van der Waals surface area contributed by atoms with Crippen LogP contribution in [-0.2, 0) is 7.05 Å². The van der Waals surface area contributed by atoms with Gasteiger partial charge in [-0.1, -0.05) is 13.8 Å². The topological polar surface area (TPSA) is 56.3 Å². The van der Waals surface area contributed by atoms with Crippen molar-refractivity contribution in [1.29, 1.82) is 0 Å². The summed E-state index contributed by atoms with van der Waals surface area (Å²) >= 11 is 0. The molecule has 1 heterocycles. The number of hydrogen-bond donors (Lipinski definition) is 1. The van der Waals surface area contributed by atoms with E-state index in [-0.39, 0.29) is 0 Å². The van der Waals surface area contributed by atoms with E-state index in [2.05, 4.69) is 23.8 Å². The number of hydrogen-bond acceptors (Lipinski definition) is 4. The Hall–Kier alpha value is -1.23. The molecule has 0 unspecified atom stereocenters. The smallest absolute Gasteiger partial charge is 0.235 e. The van der Waals surface area contributed by atoms with Crippen LogP contribution < -0.4 is 10.5 Å². The molecule has 2 N–H and O–H groups in total. The summed E-state index contributed by atoms with van der Waals surface area (Å²) in [7, 11) is 1.84. The Morgan fingerprint density at radius 3 is 2.44 bits per heavy atom. The summed E-state index contributed by atoms with van der Waals surface area (Å²) in [5.74, 6) is 0.671. The maximum atomic E-state index is 5.86. The van der Waals surface area contributed by atoms with E-state index in [0.717, 1.165) is 25.3 Å². The Kier molecular flexibility index (Phi) is 4.61. The second kappa shape index (κ2) is 5.75. The van der Waals surface area contributed by atoms with Crippen LogP contribution in [0.25, 0.3) is 0 Å². The monoisotopic (exact) mass is 226 g/mol. The van der Waals surface area contributed by atoms with Crippen molar-refractivity contribution in [3.05, 3.63) is 5.69 Å². The molecule has 0 fully saturated rings. The molecular formula is C11H22N4O. The molecule has 0 bridgehead atoms. The largest absolute Gasteiger partial charge is 0.475 e. The van der Waals surface area contributed by atoms with Crippen molar-refractivity contribution in [1.82, 2.24) is 14.7 Å². The summed E-state index contributed by atoms with van der Waals surface area (Å²) in [6.45, 7) is 9.81. The van der Waals surface area contributed by atoms with Crippen LogP contribution in [0.5, 0.6) is 5.88 Å². The zero-order valence-electron chi connectivity index (χ0n) is 10.7. The van der Waals surface area contributed by atoms with E-state index < -0.39 is 0 Å². The SMILES string of the molecule is CCN(CC)CCOc1c(N)c(C)nn1C. The molecule has 0 radical (unpaired) electrons. The third-order valence-corrected chi connectivity index (χ3v) is 2.75. The van der Waals surface area contributed by atoms with Gasteiger partial charge in [-0.2, -0.15) is 5.10 Å². The van der Waals surface area contributed by atoms with Gasteiger partial charge >= 0.3 is 0 Å². The van der Waals surface area contributed by atoms with Gasteiger partial charge < -0.3 is 15.4 Å². The van der Waals surface area contributed by atoms with Crippen LogP contribution in [0, 0.1) is 6.92 Å². The number of rotatable bonds is 6. The van der Waals surface area contributed by atoms with E-state index in [1.54, 1.807) is 4.68 Å². The molecule has 0 saturated heterocycles. The van der Waals surface area contributed by atoms with Crippen molar-refractivity contribution < 1.29 is 4.74 Å². The van der Waals surface area contributed by atoms with Gasteiger partial charge in [-0.3, -0.25) is 0 Å². The number of nitrogens with zero attached hydrogens (tertiary/aromatic N) is 3. The Balaban J connectivity index is 2.48. The lowest BCUT2D eigenvalue weighted by Crippen LogP contribution is -2.28. The minimum Gasteiger partial charge on any atom is -0.475 e. The van der Waals surface area contributed by atoms with Gasteiger partial charge in [0, 0.05) is 13.6 Å². The highest BCUT2D eigenvalue weighted by atomic mass is 16.5. The summed E-state index contributed by atoms with van der Waals surface area (Å²) in [6.07, 6.45) is 0. The van der Waals surface area contributed by atoms with Gasteiger partial charge in [0.15, 0.2) is 0 Å². The van der Waals surface area contributed by atoms with Crippen LogP contribution in [-0.4, -0.2) is 40.9 Å². The normalized spacial score (nSPS) is 11.1. The molecule has 0 aliphatic carbocycles. The molecule has 0 atom stereocenters. The van der Waals surface area contributed by atoms with Gasteiger partial charge in [-0.25, -0.2) is 4.68 Å². The van der Waals surface area contributed by atoms with Crippen molar-refractivity contribution in [2.75, 3.05) is 32.0 Å². The Bertz CT molecular complexity index is 331. The Morgan fingerprint density at radius 2 is 2.00 bits per heavy atom. The molecule has 0 saturated carbocycles. The van der Waals surface area contributed by atoms with E-state index in [4.69, 9.17) is 10.5 Å². The van der Waals surface area contributed by atoms with Crippen LogP contribution in [0.1, 0.15) is 19.5 Å². The van der Waals surface area contributed by atoms with Crippen molar-refractivity contribution >= 4 is 5.69 Å². The van der Waals surface area contributed by atoms with Gasteiger partial charge in [-0.05, 0) is 20.0 Å². The molecule has 1 rings (SSSR count). The summed E-state index contributed by atoms with van der Waals surface area (Å²) in [5.41, 5.74) is 7.32. The number of ether oxygens (including phenoxy) is 1. The molecule has 16 heavy (non-hydrogen) atoms. The van der Waals surface area contributed by atoms with Gasteiger partial charge in [0.1, 0.15) is 12.3 Å². The highest BCUT2D eigenvalue weighted by molar-refractivity contribution is 5.52. The molecule has 0 spiro atoms. The summed E-state index contributed by atoms with van der Waals surface area (Å²) in [6, 6.07) is 0. The molecule has 0 amide bonds. The van der Waals surface area contributed by atoms with E-state index in [9.17, 15) is 0 Å². The van der Waals surface area contributed by atoms with E-state index in [1.807, 2.05) is 14.0 Å². The van der Waals surface area contributed by atoms with E-state index >= 15 is 0 Å². The first-order chi connectivity index (χ1) is 7.60. The van der Waals surface area contributed by atoms with Crippen LogP contribution in [0.4, 0.5) is 5.69 Å². The molecule has 5 nitrogen and oxygen atoms in total. The highest BCUT2D eigenvalue weighted by Crippen LogP contribution is 2.23. The predicted molar refractivity (Wildman–Crippen MR) is 65.6 cm³/mol. The standard InChI is InChI=1S/C11H22N4O/c1-5-15(6-2)7-8-16-11-10(12)9(3)13-14(11)4/h5-8,12H2,1-4H3. The second-order valence-electron chi connectivity index (χ2n) is 3.80. The maximum Gasteiger partial charge on any atom is 0.235 e. The van der Waals surface area contributed by atoms with Crippen LogP contribution in [0.2, 0.25) is 0 Å². The van der Waals surface area contributed by atoms with Gasteiger partial charge in [0.2, 0.25) is 5.88 Å². The quantitative estimate of drug-likeness (QED) is 0.787. The number of anilines is 1. The second-order valence-corrected chi connectivity index (χ2v) is 3.80. The fraction of sp³-hybridized carbons (Fsp3) is 0.727. The zero-order chi connectivity index (χ0) is 12.1. The number of aryl methyl sites for hydroxylation is 2. The number of aromatic nitrogens is 2. The summed E-state index contributed by atoms with van der Waals surface area (Å²) < 4.78 is 7.34. The lowest BCUT2D eigenvalue weighted by atomic mass is 10.4. The molecule has 5 heteroatoms. The molecule has 0 aliphatic rings. The van der Waals surface area contributed by atoms with E-state index in [0.29, 0.717) is 18.2 Å². The molecule has 0 aromatic carbocycles. The predicted octanol–water partition coefficient (Wildman–Crippen LogP) is 1.03. The molecule has 1 aromatic heterocycles. The molecule has 92 valence electrons. The van der Waals surface area contributed by atoms with Crippen LogP contribution >= 0.6 is 0 Å². The average molecular weight is 226 g/mol. The first-order valence-electron chi connectivity index (χ1n) is 5.74. The Morgan fingerprint density at radius 1 is 1.38 bits per heavy atom. The fourth-order valence-corrected chi connectivity index (χ4v) is 1.64. The minimum atomic E-state index is 0.641. The fourth-order valence-electron chi connectivity index (χ4n) is 1.64. The first-order valence-corrected chi connectivity index (χ1v) is 5.74. The van der Waals surface area contributed by atoms with Crippen molar-refractivity contribution in [3.8, 4) is 5.88 Å². The Labute approximate surface area is 97.2 Å². The van der Waals surface area contributed by atoms with Crippen molar-refractivity contribution in [2.45, 2.75) is 20.8 Å². The third kappa shape index (κ3) is 2.88. The highest BCUT2D eigenvalue weighted by Gasteiger charge is 2.11. The van der Waals surface area contributed by atoms with Crippen LogP contribution in [0.3, 0.4) is 0 Å². The van der Waals surface area contributed by atoms with Crippen LogP contribution in [0.15, 0.2) is 0 Å². The molecule has 1 aromatic rings. The lowest BCUT2D eigenvalue weighted by molar-refractivity contribution is 0.213. The maximum absolute atomic E-state index is 5.86. The van der Waals surface area contributed by atoms with Gasteiger partial charge in [0.05, 0.1) is 5.69 Å². The third-order valence-electron chi connectivity index (χ3n) is 2.75. The van der Waals surface area contributed by atoms with Crippen molar-refractivity contribution in [3.63, 3.8) is 0 Å². The summed E-state index contributed by atoms with van der Waals surface area (Å²) in [5, 5.41) is 4.20. The molecular weight excluding hydrogens is 204 g/mol. The van der Waals surface area contributed by atoms with Gasteiger partial charge in [-0.15, -0.1) is 0 Å². The summed E-state index contributed by atoms with van der Waals surface area (Å²) in [4.78, 5) is 2.30. The van der Waals surface area contributed by atoms with E-state index in [1.165, 1.54) is 0 Å². The van der Waals surface area contributed by atoms with Crippen molar-refractivity contribution in [2.24, 2.45) is 7.05 Å². The number of nitrogens with two attached hydrogens (primary N) is 1. The lowest BCUT2D eigenvalue weighted by Gasteiger charge is -2.18. The average Bonchev–Trinajstić information content (AvgIpc) is 2.50. The molecule has 0 aliphatic heterocycles. The minimum absolute atomic E-state index is 0.641. The number of nitrogen functional groups attached to an aromatic ring is 1.